The summed E-state index contributed by atoms with van der Waals surface area (Å²) in [5.74, 6) is -0.671. The van der Waals surface area contributed by atoms with Crippen molar-refractivity contribution in [2.75, 3.05) is 11.0 Å². The van der Waals surface area contributed by atoms with Gasteiger partial charge in [0.05, 0.1) is 16.8 Å². The highest BCUT2D eigenvalue weighted by atomic mass is 32.2. The second kappa shape index (κ2) is 8.13. The Labute approximate surface area is 150 Å². The highest BCUT2D eigenvalue weighted by Gasteiger charge is 2.17. The minimum Gasteiger partial charge on any atom is -0.350 e. The fourth-order valence-electron chi connectivity index (χ4n) is 2.05. The molecule has 2 amide bonds. The zero-order valence-electron chi connectivity index (χ0n) is 13.8. The van der Waals surface area contributed by atoms with Crippen molar-refractivity contribution in [1.82, 2.24) is 10.6 Å². The normalized spacial score (nSPS) is 12.2. The lowest BCUT2D eigenvalue weighted by molar-refractivity contribution is -0.122. The van der Waals surface area contributed by atoms with Crippen molar-refractivity contribution >= 4 is 38.9 Å². The summed E-state index contributed by atoms with van der Waals surface area (Å²) in [6.07, 6.45) is 1.06. The molecule has 0 aliphatic heterocycles. The van der Waals surface area contributed by atoms with Crippen LogP contribution in [0, 0.1) is 0 Å². The summed E-state index contributed by atoms with van der Waals surface area (Å²) < 4.78 is 25.2. The third-order valence-corrected chi connectivity index (χ3v) is 4.71. The first-order valence-electron chi connectivity index (χ1n) is 7.44. The van der Waals surface area contributed by atoms with E-state index in [-0.39, 0.29) is 18.4 Å². The van der Waals surface area contributed by atoms with Crippen LogP contribution in [0.15, 0.2) is 41.8 Å². The minimum atomic E-state index is -3.41. The standard InChI is InChI=1S/C16H19N3O4S2/c1-11(18-16(21)14-8-5-9-24-14)15(20)17-10-12-6-3-4-7-13(12)19-25(2,22)23/h3-9,11,19H,10H2,1-2H3,(H,17,20)(H,18,21). The van der Waals surface area contributed by atoms with E-state index in [4.69, 9.17) is 0 Å². The second-order valence-corrected chi connectivity index (χ2v) is 8.12. The van der Waals surface area contributed by atoms with Crippen molar-refractivity contribution in [3.63, 3.8) is 0 Å². The van der Waals surface area contributed by atoms with Crippen LogP contribution in [0.3, 0.4) is 0 Å². The van der Waals surface area contributed by atoms with Crippen LogP contribution in [0.25, 0.3) is 0 Å². The third kappa shape index (κ3) is 5.87. The van der Waals surface area contributed by atoms with Gasteiger partial charge in [0.2, 0.25) is 15.9 Å². The molecule has 0 bridgehead atoms. The van der Waals surface area contributed by atoms with Gasteiger partial charge < -0.3 is 10.6 Å². The molecule has 1 unspecified atom stereocenters. The SMILES string of the molecule is CC(NC(=O)c1cccs1)C(=O)NCc1ccccc1NS(C)(=O)=O. The van der Waals surface area contributed by atoms with Crippen molar-refractivity contribution in [2.45, 2.75) is 19.5 Å². The highest BCUT2D eigenvalue weighted by Crippen LogP contribution is 2.16. The van der Waals surface area contributed by atoms with E-state index in [1.165, 1.54) is 11.3 Å². The molecule has 3 N–H and O–H groups in total. The third-order valence-electron chi connectivity index (χ3n) is 3.25. The Bertz CT molecular complexity index is 848. The molecule has 0 aliphatic carbocycles. The summed E-state index contributed by atoms with van der Waals surface area (Å²) in [6.45, 7) is 1.72. The van der Waals surface area contributed by atoms with Crippen molar-refractivity contribution in [3.05, 3.63) is 52.2 Å². The number of benzene rings is 1. The molecule has 2 rings (SSSR count). The lowest BCUT2D eigenvalue weighted by Gasteiger charge is -2.15. The van der Waals surface area contributed by atoms with Gasteiger partial charge in [-0.2, -0.15) is 0 Å². The number of hydrogen-bond acceptors (Lipinski definition) is 5. The lowest BCUT2D eigenvalue weighted by Crippen LogP contribution is -2.44. The van der Waals surface area contributed by atoms with Crippen molar-refractivity contribution in [3.8, 4) is 0 Å². The summed E-state index contributed by atoms with van der Waals surface area (Å²) in [5.41, 5.74) is 1.03. The number of thiophene rings is 1. The van der Waals surface area contributed by atoms with Gasteiger partial charge in [-0.3, -0.25) is 14.3 Å². The van der Waals surface area contributed by atoms with Crippen LogP contribution in [0.1, 0.15) is 22.2 Å². The van der Waals surface area contributed by atoms with Crippen LogP contribution in [-0.4, -0.2) is 32.5 Å². The number of sulfonamides is 1. The van der Waals surface area contributed by atoms with Crippen LogP contribution >= 0.6 is 11.3 Å². The Hall–Kier alpha value is -2.39. The molecular weight excluding hydrogens is 362 g/mol. The maximum Gasteiger partial charge on any atom is 0.261 e. The number of anilines is 1. The largest absolute Gasteiger partial charge is 0.350 e. The molecule has 1 aromatic carbocycles. The van der Waals surface area contributed by atoms with Crippen LogP contribution in [0.5, 0.6) is 0 Å². The summed E-state index contributed by atoms with van der Waals surface area (Å²) in [6, 6.07) is 9.49. The Balaban J connectivity index is 1.94. The molecule has 9 heteroatoms. The quantitative estimate of drug-likeness (QED) is 0.677. The number of carbonyl (C=O) groups excluding carboxylic acids is 2. The Kier molecular flexibility index (Phi) is 6.16. The summed E-state index contributed by atoms with van der Waals surface area (Å²) in [5, 5.41) is 7.09. The highest BCUT2D eigenvalue weighted by molar-refractivity contribution is 7.92. The van der Waals surface area contributed by atoms with Gasteiger partial charge >= 0.3 is 0 Å². The average molecular weight is 381 g/mol. The van der Waals surface area contributed by atoms with Gasteiger partial charge in [-0.05, 0) is 30.0 Å². The van der Waals surface area contributed by atoms with Crippen LogP contribution < -0.4 is 15.4 Å². The first-order valence-corrected chi connectivity index (χ1v) is 10.2. The lowest BCUT2D eigenvalue weighted by atomic mass is 10.2. The fraction of sp³-hybridized carbons (Fsp3) is 0.250. The smallest absolute Gasteiger partial charge is 0.261 e. The molecule has 1 heterocycles. The molecule has 134 valence electrons. The maximum absolute atomic E-state index is 12.2. The topological polar surface area (TPSA) is 104 Å². The Morgan fingerprint density at radius 1 is 1.16 bits per heavy atom. The van der Waals surface area contributed by atoms with Gasteiger partial charge in [0.1, 0.15) is 6.04 Å². The van der Waals surface area contributed by atoms with E-state index >= 15 is 0 Å². The summed E-state index contributed by atoms with van der Waals surface area (Å²) in [4.78, 5) is 24.6. The van der Waals surface area contributed by atoms with E-state index in [2.05, 4.69) is 15.4 Å². The molecule has 0 saturated carbocycles. The molecular formula is C16H19N3O4S2. The number of para-hydroxylation sites is 1. The number of hydrogen-bond donors (Lipinski definition) is 3. The van der Waals surface area contributed by atoms with Gasteiger partial charge in [0, 0.05) is 6.54 Å². The number of carbonyl (C=O) groups is 2. The number of nitrogens with one attached hydrogen (secondary N) is 3. The van der Waals surface area contributed by atoms with Crippen molar-refractivity contribution in [1.29, 1.82) is 0 Å². The molecule has 2 aromatic rings. The molecule has 0 fully saturated rings. The Morgan fingerprint density at radius 3 is 2.52 bits per heavy atom. The molecule has 0 saturated heterocycles. The van der Waals surface area contributed by atoms with E-state index in [0.717, 1.165) is 6.26 Å². The molecule has 0 spiro atoms. The molecule has 25 heavy (non-hydrogen) atoms. The summed E-state index contributed by atoms with van der Waals surface area (Å²) in [7, 11) is -3.41. The first-order chi connectivity index (χ1) is 11.8. The molecule has 0 radical (unpaired) electrons. The van der Waals surface area contributed by atoms with Gasteiger partial charge in [-0.15, -0.1) is 11.3 Å². The van der Waals surface area contributed by atoms with Gasteiger partial charge in [-0.25, -0.2) is 8.42 Å². The number of rotatable bonds is 7. The zero-order valence-corrected chi connectivity index (χ0v) is 15.4. The zero-order chi connectivity index (χ0) is 18.4. The van der Waals surface area contributed by atoms with E-state index in [9.17, 15) is 18.0 Å². The molecule has 7 nitrogen and oxygen atoms in total. The monoisotopic (exact) mass is 381 g/mol. The van der Waals surface area contributed by atoms with Crippen LogP contribution in [0.2, 0.25) is 0 Å². The molecule has 1 aromatic heterocycles. The van der Waals surface area contributed by atoms with Crippen LogP contribution in [0.4, 0.5) is 5.69 Å². The van der Waals surface area contributed by atoms with E-state index in [0.29, 0.717) is 16.1 Å². The van der Waals surface area contributed by atoms with Gasteiger partial charge in [-0.1, -0.05) is 24.3 Å². The fourth-order valence-corrected chi connectivity index (χ4v) is 3.28. The predicted molar refractivity (Wildman–Crippen MR) is 98.0 cm³/mol. The minimum absolute atomic E-state index is 0.136. The molecule has 1 atom stereocenters. The average Bonchev–Trinajstić information content (AvgIpc) is 3.06. The maximum atomic E-state index is 12.2. The van der Waals surface area contributed by atoms with Crippen LogP contribution in [-0.2, 0) is 21.4 Å². The first kappa shape index (κ1) is 18.9. The van der Waals surface area contributed by atoms with Gasteiger partial charge in [0.15, 0.2) is 0 Å². The molecule has 0 aliphatic rings. The number of amides is 2. The van der Waals surface area contributed by atoms with Crippen molar-refractivity contribution < 1.29 is 18.0 Å². The van der Waals surface area contributed by atoms with Crippen molar-refractivity contribution in [2.24, 2.45) is 0 Å². The van der Waals surface area contributed by atoms with E-state index in [1.54, 1.807) is 48.7 Å². The second-order valence-electron chi connectivity index (χ2n) is 5.42. The van der Waals surface area contributed by atoms with E-state index < -0.39 is 16.1 Å². The predicted octanol–water partition coefficient (Wildman–Crippen LogP) is 1.55. The Morgan fingerprint density at radius 2 is 1.88 bits per heavy atom. The van der Waals surface area contributed by atoms with E-state index in [1.807, 2.05) is 0 Å². The van der Waals surface area contributed by atoms with Gasteiger partial charge in [0.25, 0.3) is 5.91 Å². The summed E-state index contributed by atoms with van der Waals surface area (Å²) >= 11 is 1.29.